The van der Waals surface area contributed by atoms with Crippen LogP contribution in [0.15, 0.2) is 0 Å². The lowest BCUT2D eigenvalue weighted by Gasteiger charge is -2.22. The average molecular weight is 208 g/mol. The summed E-state index contributed by atoms with van der Waals surface area (Å²) in [4.78, 5) is 1.77. The molecule has 14 heavy (non-hydrogen) atoms. The smallest absolute Gasteiger partial charge is 0.303 e. The van der Waals surface area contributed by atoms with Crippen molar-refractivity contribution in [3.63, 3.8) is 0 Å². The maximum atomic E-state index is 11.8. The van der Waals surface area contributed by atoms with Gasteiger partial charge in [0, 0.05) is 12.5 Å². The number of hydrogen-bond donors (Lipinski definition) is 0. The third-order valence-electron chi connectivity index (χ3n) is 2.11. The lowest BCUT2D eigenvalue weighted by atomic mass is 10.2. The molecular formula is C9H15F3N2. The third kappa shape index (κ3) is 6.72. The first kappa shape index (κ1) is 13.2. The van der Waals surface area contributed by atoms with Crippen LogP contribution >= 0.6 is 0 Å². The van der Waals surface area contributed by atoms with Crippen LogP contribution in [0.3, 0.4) is 0 Å². The molecule has 0 aromatic carbocycles. The molecule has 0 saturated carbocycles. The highest BCUT2D eigenvalue weighted by atomic mass is 19.4. The minimum atomic E-state index is -4.07. The molecule has 0 rings (SSSR count). The largest absolute Gasteiger partial charge is 0.389 e. The second-order valence-corrected chi connectivity index (χ2v) is 3.41. The molecule has 1 unspecified atom stereocenters. The van der Waals surface area contributed by atoms with Gasteiger partial charge in [0.05, 0.1) is 12.5 Å². The van der Waals surface area contributed by atoms with E-state index < -0.39 is 12.6 Å². The molecule has 0 aromatic rings. The van der Waals surface area contributed by atoms with Gasteiger partial charge in [-0.25, -0.2) is 0 Å². The van der Waals surface area contributed by atoms with E-state index in [2.05, 4.69) is 0 Å². The Kier molecular flexibility index (Phi) is 5.55. The van der Waals surface area contributed by atoms with Gasteiger partial charge in [0.15, 0.2) is 0 Å². The Hall–Kier alpha value is -0.760. The zero-order chi connectivity index (χ0) is 11.2. The van der Waals surface area contributed by atoms with Crippen LogP contribution in [0.4, 0.5) is 13.2 Å². The number of hydrogen-bond acceptors (Lipinski definition) is 2. The second kappa shape index (κ2) is 5.86. The summed E-state index contributed by atoms with van der Waals surface area (Å²) in [7, 11) is 1.73. The number of nitrogens with zero attached hydrogens (tertiary/aromatic N) is 2. The maximum Gasteiger partial charge on any atom is 0.389 e. The van der Waals surface area contributed by atoms with E-state index in [0.29, 0.717) is 13.0 Å². The van der Waals surface area contributed by atoms with Crippen LogP contribution in [0.1, 0.15) is 26.2 Å². The Morgan fingerprint density at radius 3 is 2.43 bits per heavy atom. The van der Waals surface area contributed by atoms with E-state index in [-0.39, 0.29) is 12.5 Å². The van der Waals surface area contributed by atoms with E-state index in [1.807, 2.05) is 13.0 Å². The first-order chi connectivity index (χ1) is 6.37. The molecular weight excluding hydrogens is 193 g/mol. The van der Waals surface area contributed by atoms with Crippen LogP contribution in [0.5, 0.6) is 0 Å². The molecule has 0 aromatic heterocycles. The summed E-state index contributed by atoms with van der Waals surface area (Å²) in [6.07, 6.45) is -4.38. The molecule has 0 spiro atoms. The maximum absolute atomic E-state index is 11.8. The highest BCUT2D eigenvalue weighted by molar-refractivity contribution is 4.78. The topological polar surface area (TPSA) is 27.0 Å². The van der Waals surface area contributed by atoms with Crippen molar-refractivity contribution in [2.24, 2.45) is 0 Å². The summed E-state index contributed by atoms with van der Waals surface area (Å²) in [6, 6.07) is 2.01. The summed E-state index contributed by atoms with van der Waals surface area (Å²) >= 11 is 0. The van der Waals surface area contributed by atoms with Crippen LogP contribution < -0.4 is 0 Å². The average Bonchev–Trinajstić information content (AvgIpc) is 2.02. The Morgan fingerprint density at radius 1 is 1.43 bits per heavy atom. The molecule has 0 aliphatic rings. The van der Waals surface area contributed by atoms with Crippen molar-refractivity contribution in [1.29, 1.82) is 5.26 Å². The predicted molar refractivity (Wildman–Crippen MR) is 47.6 cm³/mol. The molecule has 0 heterocycles. The quantitative estimate of drug-likeness (QED) is 0.694. The van der Waals surface area contributed by atoms with Crippen LogP contribution in [0, 0.1) is 11.3 Å². The van der Waals surface area contributed by atoms with Gasteiger partial charge in [0.2, 0.25) is 0 Å². The van der Waals surface area contributed by atoms with Gasteiger partial charge in [0.25, 0.3) is 0 Å². The van der Waals surface area contributed by atoms with Gasteiger partial charge in [-0.2, -0.15) is 18.4 Å². The summed E-state index contributed by atoms with van der Waals surface area (Å²) < 4.78 is 35.4. The first-order valence-corrected chi connectivity index (χ1v) is 4.50. The minimum absolute atomic E-state index is 0.0215. The van der Waals surface area contributed by atoms with Gasteiger partial charge in [-0.3, -0.25) is 0 Å². The molecule has 0 bridgehead atoms. The van der Waals surface area contributed by atoms with Crippen LogP contribution in [-0.2, 0) is 0 Å². The molecule has 0 aliphatic carbocycles. The monoisotopic (exact) mass is 208 g/mol. The van der Waals surface area contributed by atoms with Crippen molar-refractivity contribution in [3.05, 3.63) is 0 Å². The lowest BCUT2D eigenvalue weighted by molar-refractivity contribution is -0.136. The van der Waals surface area contributed by atoms with E-state index >= 15 is 0 Å². The van der Waals surface area contributed by atoms with Gasteiger partial charge < -0.3 is 4.90 Å². The van der Waals surface area contributed by atoms with Gasteiger partial charge in [-0.1, -0.05) is 0 Å². The van der Waals surface area contributed by atoms with E-state index in [1.165, 1.54) is 0 Å². The molecule has 0 radical (unpaired) electrons. The number of halogens is 3. The van der Waals surface area contributed by atoms with Gasteiger partial charge >= 0.3 is 6.18 Å². The fourth-order valence-corrected chi connectivity index (χ4v) is 1.04. The SMILES string of the molecule is CC(CC#N)N(C)CCCC(F)(F)F. The van der Waals surface area contributed by atoms with E-state index in [0.717, 1.165) is 0 Å². The summed E-state index contributed by atoms with van der Waals surface area (Å²) in [5, 5.41) is 8.38. The lowest BCUT2D eigenvalue weighted by Crippen LogP contribution is -2.30. The Morgan fingerprint density at radius 2 is 2.00 bits per heavy atom. The molecule has 5 heteroatoms. The number of rotatable bonds is 5. The van der Waals surface area contributed by atoms with E-state index in [1.54, 1.807) is 11.9 Å². The van der Waals surface area contributed by atoms with Crippen molar-refractivity contribution in [3.8, 4) is 6.07 Å². The molecule has 82 valence electrons. The minimum Gasteiger partial charge on any atom is -0.303 e. The van der Waals surface area contributed by atoms with Gasteiger partial charge in [-0.15, -0.1) is 0 Å². The second-order valence-electron chi connectivity index (χ2n) is 3.41. The Bertz CT molecular complexity index is 195. The molecule has 0 amide bonds. The molecule has 2 nitrogen and oxygen atoms in total. The third-order valence-corrected chi connectivity index (χ3v) is 2.11. The Balaban J connectivity index is 3.64. The van der Waals surface area contributed by atoms with Crippen molar-refractivity contribution in [1.82, 2.24) is 4.90 Å². The molecule has 0 saturated heterocycles. The highest BCUT2D eigenvalue weighted by Crippen LogP contribution is 2.21. The van der Waals surface area contributed by atoms with Crippen LogP contribution in [0.25, 0.3) is 0 Å². The summed E-state index contributed by atoms with van der Waals surface area (Å²) in [6.45, 7) is 2.21. The van der Waals surface area contributed by atoms with Crippen molar-refractivity contribution < 1.29 is 13.2 Å². The highest BCUT2D eigenvalue weighted by Gasteiger charge is 2.26. The van der Waals surface area contributed by atoms with E-state index in [4.69, 9.17) is 5.26 Å². The number of nitriles is 1. The molecule has 0 N–H and O–H groups in total. The van der Waals surface area contributed by atoms with Crippen molar-refractivity contribution >= 4 is 0 Å². The fourth-order valence-electron chi connectivity index (χ4n) is 1.04. The fraction of sp³-hybridized carbons (Fsp3) is 0.889. The zero-order valence-electron chi connectivity index (χ0n) is 8.43. The predicted octanol–water partition coefficient (Wildman–Crippen LogP) is 2.56. The molecule has 1 atom stereocenters. The van der Waals surface area contributed by atoms with Crippen LogP contribution in [0.2, 0.25) is 0 Å². The van der Waals surface area contributed by atoms with Gasteiger partial charge in [-0.05, 0) is 26.9 Å². The van der Waals surface area contributed by atoms with E-state index in [9.17, 15) is 13.2 Å². The summed E-state index contributed by atoms with van der Waals surface area (Å²) in [5.74, 6) is 0. The molecule has 0 aliphatic heterocycles. The first-order valence-electron chi connectivity index (χ1n) is 4.50. The standard InChI is InChI=1S/C9H15F3N2/c1-8(4-6-13)14(2)7-3-5-9(10,11)12/h8H,3-5,7H2,1-2H3. The summed E-state index contributed by atoms with van der Waals surface area (Å²) in [5.41, 5.74) is 0. The zero-order valence-corrected chi connectivity index (χ0v) is 8.43. The number of alkyl halides is 3. The Labute approximate surface area is 82.3 Å². The molecule has 0 fully saturated rings. The van der Waals surface area contributed by atoms with Crippen LogP contribution in [-0.4, -0.2) is 30.7 Å². The normalized spacial score (nSPS) is 14.1. The van der Waals surface area contributed by atoms with Crippen molar-refractivity contribution in [2.75, 3.05) is 13.6 Å². The van der Waals surface area contributed by atoms with Gasteiger partial charge in [0.1, 0.15) is 0 Å². The van der Waals surface area contributed by atoms with Crippen molar-refractivity contribution in [2.45, 2.75) is 38.4 Å².